The number of rotatable bonds is 5. The van der Waals surface area contributed by atoms with E-state index in [0.717, 1.165) is 0 Å². The van der Waals surface area contributed by atoms with Crippen molar-refractivity contribution in [1.82, 2.24) is 10.1 Å². The Balaban J connectivity index is 1.63. The van der Waals surface area contributed by atoms with Gasteiger partial charge >= 0.3 is 12.2 Å². The molecule has 3 unspecified atom stereocenters. The Morgan fingerprint density at radius 2 is 2.03 bits per heavy atom. The smallest absolute Gasteiger partial charge is 0.455 e. The Kier molecular flexibility index (Phi) is 8.59. The number of alkyl halides is 3. The van der Waals surface area contributed by atoms with Crippen LogP contribution >= 0.6 is 23.5 Å². The second-order valence-corrected chi connectivity index (χ2v) is 10.7. The average molecular weight is 521 g/mol. The lowest BCUT2D eigenvalue weighted by Gasteiger charge is -2.37. The third-order valence-electron chi connectivity index (χ3n) is 6.86. The monoisotopic (exact) mass is 520 g/mol. The summed E-state index contributed by atoms with van der Waals surface area (Å²) in [4.78, 5) is 14.7. The van der Waals surface area contributed by atoms with Gasteiger partial charge in [-0.1, -0.05) is 13.8 Å². The van der Waals surface area contributed by atoms with Crippen molar-refractivity contribution in [3.8, 4) is 0 Å². The molecule has 3 rings (SSSR count). The quantitative estimate of drug-likeness (QED) is 0.532. The van der Waals surface area contributed by atoms with E-state index in [-0.39, 0.29) is 35.4 Å². The molecule has 1 N–H and O–H groups in total. The van der Waals surface area contributed by atoms with Gasteiger partial charge in [-0.2, -0.15) is 18.2 Å². The van der Waals surface area contributed by atoms with Crippen molar-refractivity contribution in [2.24, 2.45) is 27.2 Å². The summed E-state index contributed by atoms with van der Waals surface area (Å²) >= 11 is 2.95. The van der Waals surface area contributed by atoms with Gasteiger partial charge in [-0.05, 0) is 61.7 Å². The zero-order chi connectivity index (χ0) is 25.1. The summed E-state index contributed by atoms with van der Waals surface area (Å²) in [6.07, 6.45) is 0.141. The molecule has 2 aliphatic heterocycles. The lowest BCUT2D eigenvalue weighted by Crippen LogP contribution is -2.41. The Hall–Kier alpha value is -1.76. The molecule has 3 heterocycles. The van der Waals surface area contributed by atoms with E-state index in [2.05, 4.69) is 22.1 Å². The average Bonchev–Trinajstić information content (AvgIpc) is 3.32. The minimum absolute atomic E-state index is 0.0696. The fraction of sp³-hybridized carbons (Fsp3) is 0.762. The van der Waals surface area contributed by atoms with Crippen LogP contribution in [0.3, 0.4) is 0 Å². The number of halogens is 3. The van der Waals surface area contributed by atoms with E-state index in [0.29, 0.717) is 31.2 Å². The third-order valence-corrected chi connectivity index (χ3v) is 8.57. The van der Waals surface area contributed by atoms with Crippen molar-refractivity contribution in [3.05, 3.63) is 5.82 Å². The van der Waals surface area contributed by atoms with E-state index >= 15 is 0 Å². The number of nitrogens with zero attached hydrogens (tertiary/aromatic N) is 5. The van der Waals surface area contributed by atoms with Crippen LogP contribution in [0.4, 0.5) is 19.2 Å². The maximum absolute atomic E-state index is 12.7. The van der Waals surface area contributed by atoms with Gasteiger partial charge in [0.1, 0.15) is 11.5 Å². The Morgan fingerprint density at radius 3 is 2.59 bits per heavy atom. The number of anilines is 1. The molecular weight excluding hydrogens is 489 g/mol. The standard InChI is InChI=1S/C21H31F3N6O2S2/c1-12-13(2)27-19(34-11-26-17(33-5)20(12,4)10-25)31-14(3)15-6-8-30(9-7-15)18-28-16(29-32-18)21(22,23)24/h10-15,17,25H,6-9H2,1-5H3/b25-10?,26-11+,27-19-/t12-,13-,14?,17?,20?/m0/s1. The van der Waals surface area contributed by atoms with Gasteiger partial charge in [0.25, 0.3) is 11.1 Å². The normalized spacial score (nSPS) is 32.6. The first-order valence-corrected chi connectivity index (χ1v) is 13.3. The molecule has 1 aromatic heterocycles. The molecule has 0 aliphatic carbocycles. The van der Waals surface area contributed by atoms with Gasteiger partial charge in [0.2, 0.25) is 0 Å². The van der Waals surface area contributed by atoms with Crippen molar-refractivity contribution in [3.63, 3.8) is 0 Å². The molecule has 0 amide bonds. The van der Waals surface area contributed by atoms with Crippen molar-refractivity contribution in [2.75, 3.05) is 24.2 Å². The predicted molar refractivity (Wildman–Crippen MR) is 131 cm³/mol. The highest BCUT2D eigenvalue weighted by atomic mass is 32.2. The molecule has 34 heavy (non-hydrogen) atoms. The van der Waals surface area contributed by atoms with Crippen molar-refractivity contribution < 1.29 is 22.4 Å². The van der Waals surface area contributed by atoms with Gasteiger partial charge in [-0.3, -0.25) is 4.99 Å². The minimum Gasteiger partial charge on any atom is -0.469 e. The molecular formula is C21H31F3N6O2S2. The van der Waals surface area contributed by atoms with E-state index in [1.165, 1.54) is 18.0 Å². The molecule has 5 atom stereocenters. The lowest BCUT2D eigenvalue weighted by molar-refractivity contribution is -0.146. The largest absolute Gasteiger partial charge is 0.469 e. The summed E-state index contributed by atoms with van der Waals surface area (Å²) in [7, 11) is 0. The molecule has 8 nitrogen and oxygen atoms in total. The molecule has 1 aromatic rings. The fourth-order valence-corrected chi connectivity index (χ4v) is 5.95. The Bertz CT molecular complexity index is 903. The fourth-order valence-electron chi connectivity index (χ4n) is 4.19. The zero-order valence-electron chi connectivity index (χ0n) is 19.9. The van der Waals surface area contributed by atoms with E-state index in [4.69, 9.17) is 19.7 Å². The second-order valence-electron chi connectivity index (χ2n) is 8.94. The predicted octanol–water partition coefficient (Wildman–Crippen LogP) is 5.21. The molecule has 0 spiro atoms. The molecule has 1 fully saturated rings. The SMILES string of the molecule is CSC1/N=C/S/C(OC(C)C2CCN(c3nc(C(F)(F)F)no3)CC2)=N\[C@@H](C)[C@H](C)C1(C)C=N. The summed E-state index contributed by atoms with van der Waals surface area (Å²) in [6, 6.07) is -0.174. The maximum atomic E-state index is 12.7. The van der Waals surface area contributed by atoms with Crippen LogP contribution in [-0.2, 0) is 10.9 Å². The van der Waals surface area contributed by atoms with Gasteiger partial charge in [0, 0.05) is 24.7 Å². The van der Waals surface area contributed by atoms with E-state index in [9.17, 15) is 13.2 Å². The van der Waals surface area contributed by atoms with Gasteiger partial charge in [0.15, 0.2) is 0 Å². The number of piperidine rings is 1. The van der Waals surface area contributed by atoms with Crippen molar-refractivity contribution in [1.29, 1.82) is 5.41 Å². The first-order valence-electron chi connectivity index (χ1n) is 11.1. The van der Waals surface area contributed by atoms with Crippen LogP contribution < -0.4 is 4.90 Å². The van der Waals surface area contributed by atoms with E-state index in [1.807, 2.05) is 27.0 Å². The lowest BCUT2D eigenvalue weighted by atomic mass is 9.75. The first kappa shape index (κ1) is 26.8. The number of thioether (sulfide) groups is 2. The molecule has 13 heteroatoms. The van der Waals surface area contributed by atoms with Crippen LogP contribution in [0, 0.1) is 22.7 Å². The molecule has 0 radical (unpaired) electrons. The first-order chi connectivity index (χ1) is 16.0. The maximum Gasteiger partial charge on any atom is 0.455 e. The molecule has 2 aliphatic rings. The topological polar surface area (TPSA) is 100.0 Å². The molecule has 1 saturated heterocycles. The highest BCUT2D eigenvalue weighted by Gasteiger charge is 2.41. The zero-order valence-corrected chi connectivity index (χ0v) is 21.5. The van der Waals surface area contributed by atoms with Gasteiger partial charge in [-0.15, -0.1) is 11.8 Å². The summed E-state index contributed by atoms with van der Waals surface area (Å²) < 4.78 is 49.3. The molecule has 0 bridgehead atoms. The van der Waals surface area contributed by atoms with Crippen LogP contribution in [0.1, 0.15) is 46.4 Å². The number of nitrogens with one attached hydrogen (secondary N) is 1. The summed E-state index contributed by atoms with van der Waals surface area (Å²) in [5, 5.41) is 11.5. The summed E-state index contributed by atoms with van der Waals surface area (Å²) in [5.74, 6) is -0.983. The van der Waals surface area contributed by atoms with Gasteiger partial charge < -0.3 is 19.6 Å². The Labute approximate surface area is 206 Å². The highest BCUT2D eigenvalue weighted by Crippen LogP contribution is 2.40. The van der Waals surface area contributed by atoms with Crippen molar-refractivity contribution >= 4 is 46.5 Å². The summed E-state index contributed by atoms with van der Waals surface area (Å²) in [5.41, 5.74) is 1.31. The number of ether oxygens (including phenoxy) is 1. The number of aliphatic imine (C=N–C) groups is 2. The summed E-state index contributed by atoms with van der Waals surface area (Å²) in [6.45, 7) is 9.15. The molecule has 190 valence electrons. The van der Waals surface area contributed by atoms with Crippen LogP contribution in [-0.4, -0.2) is 64.0 Å². The molecule has 0 aromatic carbocycles. The van der Waals surface area contributed by atoms with Crippen LogP contribution in [0.25, 0.3) is 0 Å². The van der Waals surface area contributed by atoms with Crippen LogP contribution in [0.5, 0.6) is 0 Å². The minimum atomic E-state index is -4.62. The van der Waals surface area contributed by atoms with E-state index in [1.54, 1.807) is 22.2 Å². The number of hydrogen-bond acceptors (Lipinski definition) is 10. The Morgan fingerprint density at radius 1 is 1.35 bits per heavy atom. The van der Waals surface area contributed by atoms with E-state index < -0.39 is 17.4 Å². The van der Waals surface area contributed by atoms with Crippen LogP contribution in [0.2, 0.25) is 0 Å². The third kappa shape index (κ3) is 5.89. The van der Waals surface area contributed by atoms with Gasteiger partial charge in [0.05, 0.1) is 11.6 Å². The van der Waals surface area contributed by atoms with Gasteiger partial charge in [-0.25, -0.2) is 4.99 Å². The number of aromatic nitrogens is 2. The van der Waals surface area contributed by atoms with Crippen molar-refractivity contribution in [2.45, 2.75) is 64.2 Å². The molecule has 0 saturated carbocycles. The highest BCUT2D eigenvalue weighted by molar-refractivity contribution is 8.24. The van der Waals surface area contributed by atoms with Crippen LogP contribution in [0.15, 0.2) is 14.5 Å². The number of hydrogen-bond donors (Lipinski definition) is 1. The second kappa shape index (κ2) is 10.9.